The van der Waals surface area contributed by atoms with Crippen molar-refractivity contribution in [3.8, 4) is 0 Å². The summed E-state index contributed by atoms with van der Waals surface area (Å²) in [5.41, 5.74) is 1.65. The molecule has 7 heteroatoms. The van der Waals surface area contributed by atoms with Gasteiger partial charge in [0.1, 0.15) is 0 Å². The minimum Gasteiger partial charge on any atom is -0.395 e. The Bertz CT molecular complexity index is 371. The first-order valence-corrected chi connectivity index (χ1v) is 6.04. The standard InChI is InChI=1S/C10H16BrF2N3O/c1-7-10(11)8(15(2)14-7)5-16(3-4-17)6-9(12)13/h9,17H,3-6H2,1-2H3. The molecule has 0 fully saturated rings. The topological polar surface area (TPSA) is 41.3 Å². The molecule has 0 bridgehead atoms. The first-order valence-electron chi connectivity index (χ1n) is 5.25. The summed E-state index contributed by atoms with van der Waals surface area (Å²) in [7, 11) is 1.77. The molecular formula is C10H16BrF2N3O. The van der Waals surface area contributed by atoms with Crippen molar-refractivity contribution in [1.29, 1.82) is 0 Å². The van der Waals surface area contributed by atoms with Crippen LogP contribution in [0.5, 0.6) is 0 Å². The summed E-state index contributed by atoms with van der Waals surface area (Å²) in [6.45, 7) is 1.92. The van der Waals surface area contributed by atoms with Crippen molar-refractivity contribution in [3.05, 3.63) is 15.9 Å². The summed E-state index contributed by atoms with van der Waals surface area (Å²) in [5.74, 6) is 0. The monoisotopic (exact) mass is 311 g/mol. The summed E-state index contributed by atoms with van der Waals surface area (Å²) >= 11 is 3.39. The number of halogens is 3. The van der Waals surface area contributed by atoms with Crippen LogP contribution in [-0.2, 0) is 13.6 Å². The first-order chi connectivity index (χ1) is 7.95. The zero-order valence-corrected chi connectivity index (χ0v) is 11.4. The van der Waals surface area contributed by atoms with Gasteiger partial charge in [0.2, 0.25) is 0 Å². The highest BCUT2D eigenvalue weighted by atomic mass is 79.9. The lowest BCUT2D eigenvalue weighted by Crippen LogP contribution is -2.32. The van der Waals surface area contributed by atoms with Crippen LogP contribution in [0.4, 0.5) is 8.78 Å². The maximum absolute atomic E-state index is 12.4. The van der Waals surface area contributed by atoms with E-state index in [4.69, 9.17) is 5.11 Å². The van der Waals surface area contributed by atoms with Gasteiger partial charge in [0.15, 0.2) is 0 Å². The summed E-state index contributed by atoms with van der Waals surface area (Å²) in [6, 6.07) is 0. The average Bonchev–Trinajstić information content (AvgIpc) is 2.44. The summed E-state index contributed by atoms with van der Waals surface area (Å²) in [4.78, 5) is 1.51. The Balaban J connectivity index is 2.78. The second kappa shape index (κ2) is 6.42. The van der Waals surface area contributed by atoms with Gasteiger partial charge in [-0.3, -0.25) is 9.58 Å². The van der Waals surface area contributed by atoms with Gasteiger partial charge in [-0.05, 0) is 22.9 Å². The van der Waals surface area contributed by atoms with Gasteiger partial charge in [0, 0.05) is 20.1 Å². The molecule has 1 aromatic heterocycles. The van der Waals surface area contributed by atoms with Crippen LogP contribution in [0.25, 0.3) is 0 Å². The normalized spacial score (nSPS) is 11.8. The molecule has 0 radical (unpaired) electrons. The van der Waals surface area contributed by atoms with E-state index in [2.05, 4.69) is 21.0 Å². The Hall–Kier alpha value is -0.530. The van der Waals surface area contributed by atoms with Gasteiger partial charge in [0.25, 0.3) is 6.43 Å². The highest BCUT2D eigenvalue weighted by molar-refractivity contribution is 9.10. The number of rotatable bonds is 6. The molecule has 0 unspecified atom stereocenters. The number of aliphatic hydroxyl groups is 1. The van der Waals surface area contributed by atoms with E-state index in [1.54, 1.807) is 11.7 Å². The molecule has 0 aromatic carbocycles. The second-order valence-corrected chi connectivity index (χ2v) is 4.61. The minimum absolute atomic E-state index is 0.138. The third-order valence-corrected chi connectivity index (χ3v) is 3.48. The third kappa shape index (κ3) is 4.01. The second-order valence-electron chi connectivity index (χ2n) is 3.82. The van der Waals surface area contributed by atoms with E-state index in [9.17, 15) is 8.78 Å². The smallest absolute Gasteiger partial charge is 0.251 e. The first kappa shape index (κ1) is 14.5. The maximum Gasteiger partial charge on any atom is 0.251 e. The number of aliphatic hydroxyl groups excluding tert-OH is 1. The van der Waals surface area contributed by atoms with Crippen molar-refractivity contribution >= 4 is 15.9 Å². The molecule has 0 saturated carbocycles. The van der Waals surface area contributed by atoms with E-state index in [0.717, 1.165) is 15.9 Å². The van der Waals surface area contributed by atoms with Crippen molar-refractivity contribution in [1.82, 2.24) is 14.7 Å². The molecule has 1 aromatic rings. The molecule has 0 aliphatic rings. The lowest BCUT2D eigenvalue weighted by molar-refractivity contribution is 0.0733. The van der Waals surface area contributed by atoms with Crippen LogP contribution >= 0.6 is 15.9 Å². The lowest BCUT2D eigenvalue weighted by Gasteiger charge is -2.20. The SMILES string of the molecule is Cc1nn(C)c(CN(CCO)CC(F)F)c1Br. The molecule has 0 aliphatic carbocycles. The predicted molar refractivity (Wildman–Crippen MR) is 64.0 cm³/mol. The zero-order chi connectivity index (χ0) is 13.0. The quantitative estimate of drug-likeness (QED) is 0.866. The highest BCUT2D eigenvalue weighted by Gasteiger charge is 2.17. The molecule has 1 heterocycles. The lowest BCUT2D eigenvalue weighted by atomic mass is 10.3. The third-order valence-electron chi connectivity index (χ3n) is 2.45. The van der Waals surface area contributed by atoms with Crippen LogP contribution in [0.2, 0.25) is 0 Å². The fourth-order valence-electron chi connectivity index (χ4n) is 1.64. The van der Waals surface area contributed by atoms with Crippen molar-refractivity contribution in [3.63, 3.8) is 0 Å². The van der Waals surface area contributed by atoms with E-state index in [-0.39, 0.29) is 19.7 Å². The molecule has 0 saturated heterocycles. The number of aromatic nitrogens is 2. The molecule has 1 rings (SSSR count). The van der Waals surface area contributed by atoms with E-state index in [1.165, 1.54) is 4.90 Å². The van der Waals surface area contributed by atoms with Gasteiger partial charge in [0.05, 0.1) is 29.0 Å². The Kier molecular flexibility index (Phi) is 5.48. The van der Waals surface area contributed by atoms with Gasteiger partial charge >= 0.3 is 0 Å². The van der Waals surface area contributed by atoms with E-state index >= 15 is 0 Å². The average molecular weight is 312 g/mol. The van der Waals surface area contributed by atoms with Gasteiger partial charge in [-0.1, -0.05) is 0 Å². The highest BCUT2D eigenvalue weighted by Crippen LogP contribution is 2.21. The Morgan fingerprint density at radius 3 is 2.59 bits per heavy atom. The van der Waals surface area contributed by atoms with Crippen LogP contribution < -0.4 is 0 Å². The number of nitrogens with zero attached hydrogens (tertiary/aromatic N) is 3. The molecule has 17 heavy (non-hydrogen) atoms. The van der Waals surface area contributed by atoms with Gasteiger partial charge in [-0.2, -0.15) is 5.10 Å². The van der Waals surface area contributed by atoms with Gasteiger partial charge in [-0.15, -0.1) is 0 Å². The Labute approximate surface area is 107 Å². The van der Waals surface area contributed by atoms with Crippen molar-refractivity contribution in [2.75, 3.05) is 19.7 Å². The number of hydrogen-bond acceptors (Lipinski definition) is 3. The number of aryl methyl sites for hydroxylation is 2. The molecule has 0 atom stereocenters. The largest absolute Gasteiger partial charge is 0.395 e. The van der Waals surface area contributed by atoms with Gasteiger partial charge in [-0.25, -0.2) is 8.78 Å². The molecule has 4 nitrogen and oxygen atoms in total. The molecule has 0 amide bonds. The molecule has 1 N–H and O–H groups in total. The van der Waals surface area contributed by atoms with Gasteiger partial charge < -0.3 is 5.11 Å². The fourth-order valence-corrected chi connectivity index (χ4v) is 2.10. The van der Waals surface area contributed by atoms with Crippen LogP contribution in [0.15, 0.2) is 4.47 Å². The molecule has 0 spiro atoms. The van der Waals surface area contributed by atoms with Crippen LogP contribution in [0.3, 0.4) is 0 Å². The summed E-state index contributed by atoms with van der Waals surface area (Å²) < 4.78 is 27.2. The Morgan fingerprint density at radius 1 is 1.53 bits per heavy atom. The molecule has 98 valence electrons. The van der Waals surface area contributed by atoms with Crippen molar-refractivity contribution < 1.29 is 13.9 Å². The van der Waals surface area contributed by atoms with Crippen molar-refractivity contribution in [2.45, 2.75) is 19.9 Å². The Morgan fingerprint density at radius 2 is 2.18 bits per heavy atom. The predicted octanol–water partition coefficient (Wildman–Crippen LogP) is 1.55. The van der Waals surface area contributed by atoms with Crippen LogP contribution in [-0.4, -0.2) is 45.9 Å². The van der Waals surface area contributed by atoms with Crippen LogP contribution in [0, 0.1) is 6.92 Å². The van der Waals surface area contributed by atoms with E-state index < -0.39 is 6.43 Å². The number of alkyl halides is 2. The maximum atomic E-state index is 12.4. The minimum atomic E-state index is -2.41. The van der Waals surface area contributed by atoms with Crippen molar-refractivity contribution in [2.24, 2.45) is 7.05 Å². The van der Waals surface area contributed by atoms with Crippen LogP contribution in [0.1, 0.15) is 11.4 Å². The summed E-state index contributed by atoms with van der Waals surface area (Å²) in [6.07, 6.45) is -2.41. The van der Waals surface area contributed by atoms with E-state index in [1.807, 2.05) is 6.92 Å². The fraction of sp³-hybridized carbons (Fsp3) is 0.700. The van der Waals surface area contributed by atoms with E-state index in [0.29, 0.717) is 6.54 Å². The molecule has 0 aliphatic heterocycles. The summed E-state index contributed by atoms with van der Waals surface area (Å²) in [5, 5.41) is 13.0. The number of hydrogen-bond donors (Lipinski definition) is 1. The zero-order valence-electron chi connectivity index (χ0n) is 9.83. The molecular weight excluding hydrogens is 296 g/mol.